The van der Waals surface area contributed by atoms with Crippen molar-refractivity contribution in [3.05, 3.63) is 36.3 Å². The predicted octanol–water partition coefficient (Wildman–Crippen LogP) is 4.34. The smallest absolute Gasteiger partial charge is 0.415 e. The van der Waals surface area contributed by atoms with Gasteiger partial charge in [0, 0.05) is 56.6 Å². The lowest BCUT2D eigenvalue weighted by Gasteiger charge is -2.41. The van der Waals surface area contributed by atoms with Gasteiger partial charge in [0.15, 0.2) is 0 Å². The molecule has 1 saturated carbocycles. The highest BCUT2D eigenvalue weighted by atomic mass is 16.6. The molecular formula is C29H36N8O3. The lowest BCUT2D eigenvalue weighted by atomic mass is 9.86. The minimum atomic E-state index is -0.406. The van der Waals surface area contributed by atoms with Crippen LogP contribution in [0.5, 0.6) is 0 Å². The number of hydrogen-bond donors (Lipinski definition) is 1. The van der Waals surface area contributed by atoms with Crippen LogP contribution in [0, 0.1) is 0 Å². The molecule has 3 atom stereocenters. The molecule has 1 aliphatic carbocycles. The van der Waals surface area contributed by atoms with Crippen molar-refractivity contribution in [1.29, 1.82) is 0 Å². The van der Waals surface area contributed by atoms with E-state index < -0.39 is 5.60 Å². The largest absolute Gasteiger partial charge is 0.441 e. The normalized spacial score (nSPS) is 26.7. The van der Waals surface area contributed by atoms with Gasteiger partial charge in [0.2, 0.25) is 5.95 Å². The molecule has 1 spiro atoms. The predicted molar refractivity (Wildman–Crippen MR) is 151 cm³/mol. The van der Waals surface area contributed by atoms with Crippen LogP contribution in [0.2, 0.25) is 0 Å². The Bertz CT molecular complexity index is 1450. The minimum Gasteiger partial charge on any atom is -0.441 e. The number of nitrogens with zero attached hydrogens (tertiary/aromatic N) is 7. The first-order valence-electron chi connectivity index (χ1n) is 14.4. The van der Waals surface area contributed by atoms with Crippen LogP contribution in [0.25, 0.3) is 11.0 Å². The summed E-state index contributed by atoms with van der Waals surface area (Å²) in [6.45, 7) is 0.563. The van der Waals surface area contributed by atoms with Crippen LogP contribution in [0.4, 0.5) is 22.2 Å². The Balaban J connectivity index is 1.11. The lowest BCUT2D eigenvalue weighted by Crippen LogP contribution is -2.51. The highest BCUT2D eigenvalue weighted by Crippen LogP contribution is 2.45. The second-order valence-corrected chi connectivity index (χ2v) is 12.1. The van der Waals surface area contributed by atoms with Crippen LogP contribution in [0.3, 0.4) is 0 Å². The van der Waals surface area contributed by atoms with Crippen LogP contribution < -0.4 is 10.2 Å². The number of hydrogen-bond acceptors (Lipinski definition) is 8. The van der Waals surface area contributed by atoms with Gasteiger partial charge in [-0.15, -0.1) is 0 Å². The molecule has 2 bridgehead atoms. The molecule has 4 aliphatic rings. The number of carbonyl (C=O) groups excluding carboxylic acids is 2. The van der Waals surface area contributed by atoms with E-state index in [9.17, 15) is 9.59 Å². The number of fused-ring (bicyclic) bond motifs is 3. The first kappa shape index (κ1) is 25.3. The van der Waals surface area contributed by atoms with Gasteiger partial charge in [0.1, 0.15) is 22.8 Å². The lowest BCUT2D eigenvalue weighted by molar-refractivity contribution is -0.0221. The van der Waals surface area contributed by atoms with Crippen molar-refractivity contribution in [3.63, 3.8) is 0 Å². The standard InChI is InChI=1S/C29H36N8O3/c1-34(2)26(38)23-12-18-15-31-27(33-25(18)37(23)19-6-4-5-7-19)32-24-11-10-22(16-30-24)36-17-29(40-28(36)39)13-20-8-9-21(14-29)35(20)3/h10-12,15-16,19-21H,4-9,13-14,17H2,1-3H3,(H,30,31,32,33)/t20-,21+,29+. The second kappa shape index (κ2) is 9.43. The Morgan fingerprint density at radius 1 is 1.05 bits per heavy atom. The van der Waals surface area contributed by atoms with Gasteiger partial charge in [-0.2, -0.15) is 4.98 Å². The third-order valence-corrected chi connectivity index (χ3v) is 9.36. The summed E-state index contributed by atoms with van der Waals surface area (Å²) < 4.78 is 8.10. The molecule has 210 valence electrons. The molecule has 2 amide bonds. The Morgan fingerprint density at radius 2 is 1.80 bits per heavy atom. The van der Waals surface area contributed by atoms with Gasteiger partial charge < -0.3 is 24.4 Å². The average Bonchev–Trinajstić information content (AvgIpc) is 3.70. The molecule has 3 aromatic heterocycles. The van der Waals surface area contributed by atoms with Gasteiger partial charge >= 0.3 is 6.09 Å². The number of nitrogens with one attached hydrogen (secondary N) is 1. The molecule has 3 aromatic rings. The summed E-state index contributed by atoms with van der Waals surface area (Å²) in [5, 5.41) is 4.05. The molecule has 0 aromatic carbocycles. The summed E-state index contributed by atoms with van der Waals surface area (Å²) >= 11 is 0. The fourth-order valence-corrected chi connectivity index (χ4v) is 7.29. The molecule has 11 nitrogen and oxygen atoms in total. The van der Waals surface area contributed by atoms with Crippen molar-refractivity contribution in [2.24, 2.45) is 0 Å². The number of ether oxygens (including phenoxy) is 1. The monoisotopic (exact) mass is 544 g/mol. The zero-order valence-corrected chi connectivity index (χ0v) is 23.3. The average molecular weight is 545 g/mol. The molecule has 0 radical (unpaired) electrons. The number of piperidine rings is 1. The van der Waals surface area contributed by atoms with Gasteiger partial charge in [-0.05, 0) is 50.9 Å². The maximum Gasteiger partial charge on any atom is 0.415 e. The minimum absolute atomic E-state index is 0.0354. The number of amides is 2. The summed E-state index contributed by atoms with van der Waals surface area (Å²) in [4.78, 5) is 45.5. The van der Waals surface area contributed by atoms with Crippen molar-refractivity contribution in [2.45, 2.75) is 75.1 Å². The summed E-state index contributed by atoms with van der Waals surface area (Å²) in [7, 11) is 5.73. The number of carbonyl (C=O) groups is 2. The third kappa shape index (κ3) is 4.18. The molecule has 0 unspecified atom stereocenters. The Labute approximate surface area is 233 Å². The van der Waals surface area contributed by atoms with Crippen LogP contribution in [0.15, 0.2) is 30.6 Å². The zero-order chi connectivity index (χ0) is 27.6. The second-order valence-electron chi connectivity index (χ2n) is 12.1. The van der Waals surface area contributed by atoms with Gasteiger partial charge in [-0.25, -0.2) is 14.8 Å². The van der Waals surface area contributed by atoms with Gasteiger partial charge in [-0.3, -0.25) is 9.69 Å². The summed E-state index contributed by atoms with van der Waals surface area (Å²) in [6, 6.07) is 6.83. The van der Waals surface area contributed by atoms with E-state index in [1.54, 1.807) is 36.3 Å². The van der Waals surface area contributed by atoms with E-state index in [2.05, 4.69) is 31.8 Å². The van der Waals surface area contributed by atoms with Gasteiger partial charge in [0.25, 0.3) is 5.91 Å². The van der Waals surface area contributed by atoms with Crippen molar-refractivity contribution < 1.29 is 14.3 Å². The van der Waals surface area contributed by atoms with Crippen LogP contribution in [0.1, 0.15) is 67.9 Å². The topological polar surface area (TPSA) is 109 Å². The molecule has 40 heavy (non-hydrogen) atoms. The van der Waals surface area contributed by atoms with Crippen LogP contribution in [-0.4, -0.2) is 86.7 Å². The first-order chi connectivity index (χ1) is 19.3. The Hall–Kier alpha value is -3.73. The molecule has 3 saturated heterocycles. The molecule has 1 N–H and O–H groups in total. The molecule has 11 heteroatoms. The summed E-state index contributed by atoms with van der Waals surface area (Å²) in [5.41, 5.74) is 1.71. The van der Waals surface area contributed by atoms with E-state index in [4.69, 9.17) is 9.72 Å². The number of rotatable bonds is 5. The number of pyridine rings is 1. The van der Waals surface area contributed by atoms with Crippen molar-refractivity contribution in [3.8, 4) is 0 Å². The number of anilines is 3. The van der Waals surface area contributed by atoms with E-state index in [0.717, 1.165) is 55.2 Å². The van der Waals surface area contributed by atoms with E-state index in [-0.39, 0.29) is 18.0 Å². The molecular weight excluding hydrogens is 508 g/mol. The zero-order valence-electron chi connectivity index (χ0n) is 23.3. The molecule has 4 fully saturated rings. The molecule has 3 aliphatic heterocycles. The van der Waals surface area contributed by atoms with Crippen molar-refractivity contribution in [2.75, 3.05) is 37.9 Å². The van der Waals surface area contributed by atoms with E-state index in [0.29, 0.717) is 36.1 Å². The van der Waals surface area contributed by atoms with E-state index in [1.165, 1.54) is 12.8 Å². The van der Waals surface area contributed by atoms with Gasteiger partial charge in [0.05, 0.1) is 18.4 Å². The highest BCUT2D eigenvalue weighted by molar-refractivity contribution is 5.98. The molecule has 7 rings (SSSR count). The summed E-state index contributed by atoms with van der Waals surface area (Å²) in [6.07, 6.45) is 11.6. The Morgan fingerprint density at radius 3 is 2.48 bits per heavy atom. The van der Waals surface area contributed by atoms with Crippen LogP contribution in [-0.2, 0) is 4.74 Å². The third-order valence-electron chi connectivity index (χ3n) is 9.36. The van der Waals surface area contributed by atoms with E-state index in [1.807, 2.05) is 18.2 Å². The van der Waals surface area contributed by atoms with Crippen molar-refractivity contribution in [1.82, 2.24) is 29.3 Å². The maximum absolute atomic E-state index is 13.0. The summed E-state index contributed by atoms with van der Waals surface area (Å²) in [5.74, 6) is 0.952. The SMILES string of the molecule is CN(C)C(=O)c1cc2cnc(Nc3ccc(N4C[C@@]5(C[C@H]6CC[C@@H](C5)N6C)OC4=O)cn3)nc2n1C1CCCC1. The maximum atomic E-state index is 13.0. The fraction of sp³-hybridized carbons (Fsp3) is 0.552. The molecule has 6 heterocycles. The number of aromatic nitrogens is 4. The Kier molecular flexibility index (Phi) is 5.95. The van der Waals surface area contributed by atoms with E-state index >= 15 is 0 Å². The van der Waals surface area contributed by atoms with Crippen molar-refractivity contribution >= 4 is 40.5 Å². The highest BCUT2D eigenvalue weighted by Gasteiger charge is 2.54. The van der Waals surface area contributed by atoms with Gasteiger partial charge in [-0.1, -0.05) is 12.8 Å². The first-order valence-corrected chi connectivity index (χ1v) is 14.4. The quantitative estimate of drug-likeness (QED) is 0.505. The fourth-order valence-electron chi connectivity index (χ4n) is 7.29. The van der Waals surface area contributed by atoms with Crippen LogP contribution >= 0.6 is 0 Å².